The molecular weight excluding hydrogens is 228 g/mol. The normalized spacial score (nSPS) is 10.5. The Morgan fingerprint density at radius 1 is 1.33 bits per heavy atom. The molecule has 0 radical (unpaired) electrons. The number of carboxylic acids is 1. The number of carboxylic acid groups (broad SMARTS) is 1. The second kappa shape index (κ2) is 5.49. The van der Waals surface area contributed by atoms with Gasteiger partial charge < -0.3 is 5.11 Å². The SMILES string of the molecule is CCc1c(CC(=O)O)cnn1Cc1ccccc1. The molecule has 0 spiro atoms. The summed E-state index contributed by atoms with van der Waals surface area (Å²) in [6.45, 7) is 2.70. The molecule has 0 saturated carbocycles. The summed E-state index contributed by atoms with van der Waals surface area (Å²) in [5.41, 5.74) is 2.97. The van der Waals surface area contributed by atoms with Crippen LogP contribution >= 0.6 is 0 Å². The van der Waals surface area contributed by atoms with Gasteiger partial charge in [0.1, 0.15) is 0 Å². The predicted octanol–water partition coefficient (Wildman–Crippen LogP) is 2.12. The van der Waals surface area contributed by atoms with Crippen molar-refractivity contribution >= 4 is 5.97 Å². The van der Waals surface area contributed by atoms with Crippen molar-refractivity contribution in [3.05, 3.63) is 53.3 Å². The van der Waals surface area contributed by atoms with Gasteiger partial charge in [0.2, 0.25) is 0 Å². The van der Waals surface area contributed by atoms with Crippen molar-refractivity contribution in [2.75, 3.05) is 0 Å². The first kappa shape index (κ1) is 12.4. The highest BCUT2D eigenvalue weighted by molar-refractivity contribution is 5.70. The molecule has 0 bridgehead atoms. The topological polar surface area (TPSA) is 55.1 Å². The van der Waals surface area contributed by atoms with Crippen LogP contribution in [0, 0.1) is 0 Å². The first-order chi connectivity index (χ1) is 8.70. The minimum Gasteiger partial charge on any atom is -0.481 e. The lowest BCUT2D eigenvalue weighted by molar-refractivity contribution is -0.136. The molecule has 0 saturated heterocycles. The molecule has 2 aromatic rings. The van der Waals surface area contributed by atoms with Crippen LogP contribution in [0.25, 0.3) is 0 Å². The number of hydrogen-bond donors (Lipinski definition) is 1. The van der Waals surface area contributed by atoms with Crippen molar-refractivity contribution in [2.24, 2.45) is 0 Å². The van der Waals surface area contributed by atoms with E-state index in [2.05, 4.69) is 5.10 Å². The molecule has 4 heteroatoms. The second-order valence-corrected chi connectivity index (χ2v) is 4.18. The first-order valence-electron chi connectivity index (χ1n) is 6.00. The van der Waals surface area contributed by atoms with Gasteiger partial charge in [-0.1, -0.05) is 37.3 Å². The summed E-state index contributed by atoms with van der Waals surface area (Å²) < 4.78 is 1.88. The van der Waals surface area contributed by atoms with E-state index >= 15 is 0 Å². The van der Waals surface area contributed by atoms with Gasteiger partial charge in [-0.25, -0.2) is 0 Å². The highest BCUT2D eigenvalue weighted by atomic mass is 16.4. The summed E-state index contributed by atoms with van der Waals surface area (Å²) in [5, 5.41) is 13.1. The third-order valence-electron chi connectivity index (χ3n) is 2.89. The summed E-state index contributed by atoms with van der Waals surface area (Å²) in [6, 6.07) is 10.0. The number of rotatable bonds is 5. The third-order valence-corrected chi connectivity index (χ3v) is 2.89. The Morgan fingerprint density at radius 3 is 2.67 bits per heavy atom. The van der Waals surface area contributed by atoms with E-state index in [1.165, 1.54) is 0 Å². The molecule has 0 fully saturated rings. The van der Waals surface area contributed by atoms with E-state index in [9.17, 15) is 4.79 Å². The maximum atomic E-state index is 10.8. The lowest BCUT2D eigenvalue weighted by Gasteiger charge is -2.07. The summed E-state index contributed by atoms with van der Waals surface area (Å²) in [7, 11) is 0. The molecule has 0 atom stereocenters. The van der Waals surface area contributed by atoms with Gasteiger partial charge in [0.25, 0.3) is 0 Å². The average molecular weight is 244 g/mol. The minimum atomic E-state index is -0.816. The molecule has 18 heavy (non-hydrogen) atoms. The quantitative estimate of drug-likeness (QED) is 0.876. The number of carbonyl (C=O) groups is 1. The van der Waals surface area contributed by atoms with E-state index in [1.807, 2.05) is 41.9 Å². The Balaban J connectivity index is 2.23. The molecule has 94 valence electrons. The summed E-state index contributed by atoms with van der Waals surface area (Å²) in [6.07, 6.45) is 2.49. The molecule has 0 aliphatic rings. The molecule has 1 aromatic carbocycles. The average Bonchev–Trinajstić information content (AvgIpc) is 2.72. The lowest BCUT2D eigenvalue weighted by Crippen LogP contribution is -2.08. The van der Waals surface area contributed by atoms with Gasteiger partial charge in [-0.05, 0) is 12.0 Å². The van der Waals surface area contributed by atoms with E-state index < -0.39 is 5.97 Å². The van der Waals surface area contributed by atoms with Crippen molar-refractivity contribution in [1.29, 1.82) is 0 Å². The predicted molar refractivity (Wildman–Crippen MR) is 68.5 cm³/mol. The van der Waals surface area contributed by atoms with Crippen molar-refractivity contribution in [1.82, 2.24) is 9.78 Å². The van der Waals surface area contributed by atoms with Gasteiger partial charge in [-0.2, -0.15) is 5.10 Å². The minimum absolute atomic E-state index is 0.0396. The summed E-state index contributed by atoms with van der Waals surface area (Å²) in [5.74, 6) is -0.816. The molecule has 1 N–H and O–H groups in total. The van der Waals surface area contributed by atoms with Crippen LogP contribution in [0.15, 0.2) is 36.5 Å². The van der Waals surface area contributed by atoms with E-state index in [-0.39, 0.29) is 6.42 Å². The molecule has 4 nitrogen and oxygen atoms in total. The largest absolute Gasteiger partial charge is 0.481 e. The number of benzene rings is 1. The zero-order valence-corrected chi connectivity index (χ0v) is 10.3. The molecular formula is C14H16N2O2. The molecule has 2 rings (SSSR count). The fourth-order valence-corrected chi connectivity index (χ4v) is 2.06. The van der Waals surface area contributed by atoms with Crippen LogP contribution in [-0.2, 0) is 24.2 Å². The van der Waals surface area contributed by atoms with Crippen molar-refractivity contribution in [3.63, 3.8) is 0 Å². The molecule has 0 unspecified atom stereocenters. The van der Waals surface area contributed by atoms with Crippen LogP contribution < -0.4 is 0 Å². The summed E-state index contributed by atoms with van der Waals surface area (Å²) >= 11 is 0. The smallest absolute Gasteiger partial charge is 0.307 e. The maximum absolute atomic E-state index is 10.8. The van der Waals surface area contributed by atoms with E-state index in [0.29, 0.717) is 6.54 Å². The molecule has 1 aromatic heterocycles. The Kier molecular flexibility index (Phi) is 3.77. The fourth-order valence-electron chi connectivity index (χ4n) is 2.06. The van der Waals surface area contributed by atoms with Crippen LogP contribution in [-0.4, -0.2) is 20.9 Å². The Hall–Kier alpha value is -2.10. The maximum Gasteiger partial charge on any atom is 0.307 e. The van der Waals surface area contributed by atoms with Crippen molar-refractivity contribution < 1.29 is 9.90 Å². The van der Waals surface area contributed by atoms with Gasteiger partial charge in [-0.3, -0.25) is 9.48 Å². The molecule has 0 amide bonds. The van der Waals surface area contributed by atoms with Crippen molar-refractivity contribution in [2.45, 2.75) is 26.3 Å². The van der Waals surface area contributed by atoms with Gasteiger partial charge in [0.15, 0.2) is 0 Å². The number of aromatic nitrogens is 2. The molecule has 0 aliphatic heterocycles. The van der Waals surface area contributed by atoms with E-state index in [1.54, 1.807) is 6.20 Å². The van der Waals surface area contributed by atoms with Gasteiger partial charge in [0, 0.05) is 11.3 Å². The highest BCUT2D eigenvalue weighted by Crippen LogP contribution is 2.12. The number of hydrogen-bond acceptors (Lipinski definition) is 2. The van der Waals surface area contributed by atoms with Gasteiger partial charge in [-0.15, -0.1) is 0 Å². The number of aliphatic carboxylic acids is 1. The zero-order chi connectivity index (χ0) is 13.0. The highest BCUT2D eigenvalue weighted by Gasteiger charge is 2.12. The Labute approximate surface area is 106 Å². The van der Waals surface area contributed by atoms with Crippen LogP contribution in [0.1, 0.15) is 23.7 Å². The monoisotopic (exact) mass is 244 g/mol. The zero-order valence-electron chi connectivity index (χ0n) is 10.3. The van der Waals surface area contributed by atoms with Crippen molar-refractivity contribution in [3.8, 4) is 0 Å². The second-order valence-electron chi connectivity index (χ2n) is 4.18. The summed E-state index contributed by atoms with van der Waals surface area (Å²) in [4.78, 5) is 10.8. The molecule has 1 heterocycles. The Bertz CT molecular complexity index is 532. The first-order valence-corrected chi connectivity index (χ1v) is 6.00. The van der Waals surface area contributed by atoms with Gasteiger partial charge in [0.05, 0.1) is 19.2 Å². The van der Waals surface area contributed by atoms with Crippen LogP contribution in [0.4, 0.5) is 0 Å². The van der Waals surface area contributed by atoms with E-state index in [0.717, 1.165) is 23.2 Å². The fraction of sp³-hybridized carbons (Fsp3) is 0.286. The van der Waals surface area contributed by atoms with Crippen LogP contribution in [0.5, 0.6) is 0 Å². The molecule has 0 aliphatic carbocycles. The van der Waals surface area contributed by atoms with Gasteiger partial charge >= 0.3 is 5.97 Å². The Morgan fingerprint density at radius 2 is 2.06 bits per heavy atom. The lowest BCUT2D eigenvalue weighted by atomic mass is 10.1. The van der Waals surface area contributed by atoms with Crippen LogP contribution in [0.2, 0.25) is 0 Å². The third kappa shape index (κ3) is 2.77. The van der Waals surface area contributed by atoms with E-state index in [4.69, 9.17) is 5.11 Å². The number of nitrogens with zero attached hydrogens (tertiary/aromatic N) is 2. The standard InChI is InChI=1S/C14H16N2O2/c1-2-13-12(8-14(17)18)9-15-16(13)10-11-6-4-3-5-7-11/h3-7,9H,2,8,10H2,1H3,(H,17,18). The van der Waals surface area contributed by atoms with Crippen LogP contribution in [0.3, 0.4) is 0 Å².